The lowest BCUT2D eigenvalue weighted by Crippen LogP contribution is -2.29. The zero-order valence-electron chi connectivity index (χ0n) is 21.8. The van der Waals surface area contributed by atoms with Crippen LogP contribution < -0.4 is 9.47 Å². The number of likely N-dealkylation sites (tertiary alicyclic amines) is 1. The zero-order valence-corrected chi connectivity index (χ0v) is 21.8. The first-order valence-electron chi connectivity index (χ1n) is 12.8. The molecule has 1 atom stereocenters. The van der Waals surface area contributed by atoms with Gasteiger partial charge in [0.05, 0.1) is 31.0 Å². The number of ketones is 1. The third kappa shape index (κ3) is 5.57. The van der Waals surface area contributed by atoms with E-state index in [0.29, 0.717) is 41.6 Å². The Morgan fingerprint density at radius 3 is 2.31 bits per heavy atom. The molecular formula is C32H29NO6. The van der Waals surface area contributed by atoms with Crippen molar-refractivity contribution in [2.45, 2.75) is 33.0 Å². The van der Waals surface area contributed by atoms with Crippen LogP contribution in [-0.2, 0) is 22.7 Å². The summed E-state index contributed by atoms with van der Waals surface area (Å²) < 4.78 is 16.9. The summed E-state index contributed by atoms with van der Waals surface area (Å²) in [5, 5.41) is 11.3. The number of ether oxygens (including phenoxy) is 2. The number of rotatable bonds is 9. The maximum Gasteiger partial charge on any atom is 0.296 e. The van der Waals surface area contributed by atoms with Crippen molar-refractivity contribution in [2.24, 2.45) is 0 Å². The van der Waals surface area contributed by atoms with Crippen molar-refractivity contribution in [1.82, 2.24) is 4.90 Å². The quantitative estimate of drug-likeness (QED) is 0.160. The van der Waals surface area contributed by atoms with E-state index in [4.69, 9.17) is 13.9 Å². The Hall–Kier alpha value is -4.78. The number of aryl methyl sites for hydroxylation is 1. The van der Waals surface area contributed by atoms with E-state index in [9.17, 15) is 14.7 Å². The number of Topliss-reactive ketones (excluding diaryl/α,β-unsaturated/α-hetero) is 1. The standard InChI is InChI=1S/C32H29NO6/c1-3-37-25-13-9-23(10-14-25)29-28(31(35)32(36)33(29)19-27-8-5-17-38-27)30(34)24-11-15-26(16-12-24)39-20-22-7-4-6-21(2)18-22/h4-18,29,34H,3,19-20H2,1-2H3/b30-28+. The molecule has 0 aliphatic carbocycles. The molecule has 0 bridgehead atoms. The van der Waals surface area contributed by atoms with Crippen LogP contribution in [0.1, 0.15) is 41.0 Å². The van der Waals surface area contributed by atoms with E-state index < -0.39 is 17.7 Å². The minimum absolute atomic E-state index is 0.0177. The number of benzene rings is 3. The Bertz CT molecular complexity index is 1490. The number of amides is 1. The highest BCUT2D eigenvalue weighted by molar-refractivity contribution is 6.46. The summed E-state index contributed by atoms with van der Waals surface area (Å²) in [5.74, 6) is 0.116. The number of hydrogen-bond donors (Lipinski definition) is 1. The van der Waals surface area contributed by atoms with Crippen molar-refractivity contribution in [3.05, 3.63) is 125 Å². The first-order chi connectivity index (χ1) is 18.9. The van der Waals surface area contributed by atoms with Gasteiger partial charge in [-0.15, -0.1) is 0 Å². The normalized spacial score (nSPS) is 16.5. The molecule has 4 aromatic rings. The highest BCUT2D eigenvalue weighted by Crippen LogP contribution is 2.41. The summed E-state index contributed by atoms with van der Waals surface area (Å²) in [6.45, 7) is 4.92. The minimum Gasteiger partial charge on any atom is -0.507 e. The van der Waals surface area contributed by atoms with Gasteiger partial charge in [-0.1, -0.05) is 42.0 Å². The van der Waals surface area contributed by atoms with Crippen LogP contribution in [0.3, 0.4) is 0 Å². The summed E-state index contributed by atoms with van der Waals surface area (Å²) in [6.07, 6.45) is 1.51. The first-order valence-corrected chi connectivity index (χ1v) is 12.8. The van der Waals surface area contributed by atoms with Gasteiger partial charge in [-0.3, -0.25) is 9.59 Å². The Balaban J connectivity index is 1.46. The number of nitrogens with zero attached hydrogens (tertiary/aromatic N) is 1. The molecule has 1 N–H and O–H groups in total. The fourth-order valence-corrected chi connectivity index (χ4v) is 4.71. The molecule has 0 radical (unpaired) electrons. The Morgan fingerprint density at radius 1 is 0.923 bits per heavy atom. The van der Waals surface area contributed by atoms with Crippen LogP contribution in [0.2, 0.25) is 0 Å². The summed E-state index contributed by atoms with van der Waals surface area (Å²) in [7, 11) is 0. The molecule has 7 nitrogen and oxygen atoms in total. The number of carbonyl (C=O) groups is 2. The van der Waals surface area contributed by atoms with Crippen LogP contribution in [0.15, 0.2) is 101 Å². The molecule has 1 aliphatic heterocycles. The summed E-state index contributed by atoms with van der Waals surface area (Å²) in [6, 6.07) is 24.7. The Kier molecular flexibility index (Phi) is 7.50. The van der Waals surface area contributed by atoms with Crippen molar-refractivity contribution in [3.8, 4) is 11.5 Å². The topological polar surface area (TPSA) is 89.2 Å². The molecule has 2 heterocycles. The maximum absolute atomic E-state index is 13.3. The molecule has 0 spiro atoms. The van der Waals surface area contributed by atoms with Gasteiger partial charge in [0.15, 0.2) is 0 Å². The predicted octanol–water partition coefficient (Wildman–Crippen LogP) is 6.19. The second-order valence-electron chi connectivity index (χ2n) is 9.31. The SMILES string of the molecule is CCOc1ccc(C2/C(=C(\O)c3ccc(OCc4cccc(C)c4)cc3)C(=O)C(=O)N2Cc2ccco2)cc1. The Morgan fingerprint density at radius 2 is 1.64 bits per heavy atom. The van der Waals surface area contributed by atoms with Gasteiger partial charge in [0, 0.05) is 5.56 Å². The van der Waals surface area contributed by atoms with Gasteiger partial charge < -0.3 is 23.9 Å². The van der Waals surface area contributed by atoms with E-state index in [1.807, 2.05) is 32.0 Å². The van der Waals surface area contributed by atoms with Gasteiger partial charge >= 0.3 is 0 Å². The van der Waals surface area contributed by atoms with Crippen LogP contribution in [0.5, 0.6) is 11.5 Å². The average Bonchev–Trinajstić information content (AvgIpc) is 3.55. The van der Waals surface area contributed by atoms with E-state index in [2.05, 4.69) is 6.07 Å². The van der Waals surface area contributed by atoms with Gasteiger partial charge in [-0.05, 0) is 73.5 Å². The highest BCUT2D eigenvalue weighted by atomic mass is 16.5. The van der Waals surface area contributed by atoms with E-state index in [-0.39, 0.29) is 17.9 Å². The first kappa shape index (κ1) is 25.9. The van der Waals surface area contributed by atoms with E-state index in [1.165, 1.54) is 11.2 Å². The minimum atomic E-state index is -0.803. The molecule has 1 fully saturated rings. The molecule has 1 aromatic heterocycles. The fraction of sp³-hybridized carbons (Fsp3) is 0.188. The van der Waals surface area contributed by atoms with Crippen LogP contribution in [0.25, 0.3) is 5.76 Å². The largest absolute Gasteiger partial charge is 0.507 e. The second-order valence-corrected chi connectivity index (χ2v) is 9.31. The molecule has 1 unspecified atom stereocenters. The Labute approximate surface area is 226 Å². The molecular weight excluding hydrogens is 494 g/mol. The lowest BCUT2D eigenvalue weighted by Gasteiger charge is -2.24. The lowest BCUT2D eigenvalue weighted by molar-refractivity contribution is -0.140. The number of aliphatic hydroxyl groups excluding tert-OH is 1. The predicted molar refractivity (Wildman–Crippen MR) is 146 cm³/mol. The highest BCUT2D eigenvalue weighted by Gasteiger charge is 2.46. The molecule has 1 saturated heterocycles. The van der Waals surface area contributed by atoms with Gasteiger partial charge in [0.1, 0.15) is 29.6 Å². The zero-order chi connectivity index (χ0) is 27.4. The molecule has 198 valence electrons. The third-order valence-electron chi connectivity index (χ3n) is 6.57. The van der Waals surface area contributed by atoms with Gasteiger partial charge in [0.25, 0.3) is 11.7 Å². The van der Waals surface area contributed by atoms with E-state index >= 15 is 0 Å². The van der Waals surface area contributed by atoms with Crippen LogP contribution in [0, 0.1) is 6.92 Å². The molecule has 1 aliphatic rings. The number of furan rings is 1. The molecule has 39 heavy (non-hydrogen) atoms. The number of hydrogen-bond acceptors (Lipinski definition) is 6. The van der Waals surface area contributed by atoms with Crippen LogP contribution >= 0.6 is 0 Å². The van der Waals surface area contributed by atoms with Gasteiger partial charge in [-0.2, -0.15) is 0 Å². The third-order valence-corrected chi connectivity index (χ3v) is 6.57. The molecule has 5 rings (SSSR count). The van der Waals surface area contributed by atoms with Crippen LogP contribution in [0.4, 0.5) is 0 Å². The average molecular weight is 524 g/mol. The summed E-state index contributed by atoms with van der Waals surface area (Å²) in [5.41, 5.74) is 3.30. The van der Waals surface area contributed by atoms with Crippen molar-refractivity contribution in [3.63, 3.8) is 0 Å². The molecule has 7 heteroatoms. The molecule has 3 aromatic carbocycles. The maximum atomic E-state index is 13.3. The van der Waals surface area contributed by atoms with Gasteiger partial charge in [-0.25, -0.2) is 0 Å². The lowest BCUT2D eigenvalue weighted by atomic mass is 9.95. The van der Waals surface area contributed by atoms with Crippen molar-refractivity contribution in [2.75, 3.05) is 6.61 Å². The van der Waals surface area contributed by atoms with Crippen LogP contribution in [-0.4, -0.2) is 28.3 Å². The van der Waals surface area contributed by atoms with Crippen molar-refractivity contribution in [1.29, 1.82) is 0 Å². The fourth-order valence-electron chi connectivity index (χ4n) is 4.71. The van der Waals surface area contributed by atoms with Gasteiger partial charge in [0.2, 0.25) is 0 Å². The molecule has 0 saturated carbocycles. The number of carbonyl (C=O) groups excluding carboxylic acids is 2. The van der Waals surface area contributed by atoms with Crippen molar-refractivity contribution < 1.29 is 28.6 Å². The second kappa shape index (κ2) is 11.3. The monoisotopic (exact) mass is 523 g/mol. The summed E-state index contributed by atoms with van der Waals surface area (Å²) >= 11 is 0. The van der Waals surface area contributed by atoms with E-state index in [0.717, 1.165) is 11.1 Å². The van der Waals surface area contributed by atoms with E-state index in [1.54, 1.807) is 60.7 Å². The molecule has 1 amide bonds. The summed E-state index contributed by atoms with van der Waals surface area (Å²) in [4.78, 5) is 27.9. The smallest absolute Gasteiger partial charge is 0.296 e. The van der Waals surface area contributed by atoms with Crippen molar-refractivity contribution >= 4 is 17.4 Å². The number of aliphatic hydroxyl groups is 1.